The maximum absolute atomic E-state index is 10.9. The molecule has 0 radical (unpaired) electrons. The Balaban J connectivity index is 2.83. The van der Waals surface area contributed by atoms with Gasteiger partial charge in [-0.2, -0.15) is 0 Å². The van der Waals surface area contributed by atoms with Gasteiger partial charge in [-0.1, -0.05) is 26.0 Å². The molecule has 0 saturated carbocycles. The van der Waals surface area contributed by atoms with Crippen LogP contribution in [-0.2, 0) is 16.1 Å². The molecule has 0 heterocycles. The average Bonchev–Trinajstić information content (AvgIpc) is 2.35. The van der Waals surface area contributed by atoms with Crippen LogP contribution in [0, 0.1) is 0 Å². The molecule has 1 rings (SSSR count). The Labute approximate surface area is 106 Å². The van der Waals surface area contributed by atoms with Crippen LogP contribution in [0.3, 0.4) is 0 Å². The Bertz CT molecular complexity index is 454. The lowest BCUT2D eigenvalue weighted by Gasteiger charge is -2.12. The highest BCUT2D eigenvalue weighted by molar-refractivity contribution is 6.31. The number of rotatable bonds is 4. The van der Waals surface area contributed by atoms with Crippen LogP contribution in [0.2, 0.25) is 0 Å². The van der Waals surface area contributed by atoms with E-state index in [0.29, 0.717) is 11.7 Å². The minimum Gasteiger partial charge on any atom is -0.496 e. The summed E-state index contributed by atoms with van der Waals surface area (Å²) in [6, 6.07) is 5.67. The van der Waals surface area contributed by atoms with Crippen molar-refractivity contribution in [1.82, 2.24) is 5.32 Å². The summed E-state index contributed by atoms with van der Waals surface area (Å²) in [5.74, 6) is -1.49. The van der Waals surface area contributed by atoms with Crippen LogP contribution in [0.4, 0.5) is 0 Å². The van der Waals surface area contributed by atoms with Crippen molar-refractivity contribution in [3.8, 4) is 5.75 Å². The number of amides is 1. The highest BCUT2D eigenvalue weighted by atomic mass is 16.5. The summed E-state index contributed by atoms with van der Waals surface area (Å²) in [6.45, 7) is 4.27. The zero-order chi connectivity index (χ0) is 13.7. The van der Waals surface area contributed by atoms with Gasteiger partial charge in [0.05, 0.1) is 7.11 Å². The third-order valence-corrected chi connectivity index (χ3v) is 2.61. The van der Waals surface area contributed by atoms with Crippen LogP contribution in [0.25, 0.3) is 0 Å². The molecule has 1 aromatic rings. The second kappa shape index (κ2) is 6.05. The fourth-order valence-electron chi connectivity index (χ4n) is 1.52. The van der Waals surface area contributed by atoms with E-state index in [0.717, 1.165) is 11.1 Å². The number of hydrogen-bond donors (Lipinski definition) is 2. The van der Waals surface area contributed by atoms with E-state index in [2.05, 4.69) is 19.2 Å². The van der Waals surface area contributed by atoms with E-state index in [1.165, 1.54) is 0 Å². The lowest BCUT2D eigenvalue weighted by molar-refractivity contribution is -0.150. The lowest BCUT2D eigenvalue weighted by atomic mass is 10.0. The van der Waals surface area contributed by atoms with Gasteiger partial charge in [0.2, 0.25) is 0 Å². The van der Waals surface area contributed by atoms with Crippen LogP contribution in [-0.4, -0.2) is 24.1 Å². The number of carbonyl (C=O) groups excluding carboxylic acids is 1. The average molecular weight is 251 g/mol. The minimum absolute atomic E-state index is 0.132. The number of benzene rings is 1. The quantitative estimate of drug-likeness (QED) is 0.795. The second-order valence-corrected chi connectivity index (χ2v) is 4.21. The number of aliphatic carboxylic acids is 1. The summed E-state index contributed by atoms with van der Waals surface area (Å²) in [4.78, 5) is 21.3. The predicted molar refractivity (Wildman–Crippen MR) is 66.6 cm³/mol. The van der Waals surface area contributed by atoms with Crippen LogP contribution >= 0.6 is 0 Å². The first kappa shape index (κ1) is 14.0. The summed E-state index contributed by atoms with van der Waals surface area (Å²) in [5.41, 5.74) is 1.87. The highest BCUT2D eigenvalue weighted by Gasteiger charge is 2.12. The zero-order valence-electron chi connectivity index (χ0n) is 10.7. The van der Waals surface area contributed by atoms with E-state index in [-0.39, 0.29) is 6.54 Å². The SMILES string of the molecule is COc1cc(C(C)C)ccc1CNC(=O)C(=O)O. The second-order valence-electron chi connectivity index (χ2n) is 4.21. The summed E-state index contributed by atoms with van der Waals surface area (Å²) in [6.07, 6.45) is 0. The van der Waals surface area contributed by atoms with Crippen LogP contribution < -0.4 is 10.1 Å². The molecule has 0 aliphatic rings. The number of nitrogens with one attached hydrogen (secondary N) is 1. The normalized spacial score (nSPS) is 10.2. The van der Waals surface area contributed by atoms with Crippen LogP contribution in [0.15, 0.2) is 18.2 Å². The van der Waals surface area contributed by atoms with E-state index < -0.39 is 11.9 Å². The first-order chi connectivity index (χ1) is 8.45. The molecule has 0 bridgehead atoms. The zero-order valence-corrected chi connectivity index (χ0v) is 10.7. The molecule has 0 atom stereocenters. The topological polar surface area (TPSA) is 75.6 Å². The number of hydrogen-bond acceptors (Lipinski definition) is 3. The van der Waals surface area contributed by atoms with E-state index in [1.54, 1.807) is 7.11 Å². The van der Waals surface area contributed by atoms with Crippen molar-refractivity contribution in [3.05, 3.63) is 29.3 Å². The predicted octanol–water partition coefficient (Wildman–Crippen LogP) is 1.52. The molecule has 2 N–H and O–H groups in total. The molecule has 0 unspecified atom stereocenters. The molecule has 0 aliphatic heterocycles. The van der Waals surface area contributed by atoms with Gasteiger partial charge in [0, 0.05) is 12.1 Å². The molecule has 0 fully saturated rings. The lowest BCUT2D eigenvalue weighted by Crippen LogP contribution is -2.30. The Hall–Kier alpha value is -2.04. The fourth-order valence-corrected chi connectivity index (χ4v) is 1.52. The molecule has 0 saturated heterocycles. The van der Waals surface area contributed by atoms with Crippen molar-refractivity contribution in [2.45, 2.75) is 26.3 Å². The maximum atomic E-state index is 10.9. The van der Waals surface area contributed by atoms with Gasteiger partial charge in [-0.25, -0.2) is 4.79 Å². The number of ether oxygens (including phenoxy) is 1. The fraction of sp³-hybridized carbons (Fsp3) is 0.385. The number of carboxylic acid groups (broad SMARTS) is 1. The van der Waals surface area contributed by atoms with Gasteiger partial charge < -0.3 is 15.2 Å². The molecule has 1 aromatic carbocycles. The summed E-state index contributed by atoms with van der Waals surface area (Å²) >= 11 is 0. The van der Waals surface area contributed by atoms with E-state index in [4.69, 9.17) is 9.84 Å². The molecule has 98 valence electrons. The van der Waals surface area contributed by atoms with Crippen molar-refractivity contribution in [3.63, 3.8) is 0 Å². The molecule has 5 nitrogen and oxygen atoms in total. The van der Waals surface area contributed by atoms with Gasteiger partial charge >= 0.3 is 11.9 Å². The van der Waals surface area contributed by atoms with Gasteiger partial charge in [0.1, 0.15) is 5.75 Å². The molecular weight excluding hydrogens is 234 g/mol. The minimum atomic E-state index is -1.49. The van der Waals surface area contributed by atoms with Gasteiger partial charge in [0.15, 0.2) is 0 Å². The summed E-state index contributed by atoms with van der Waals surface area (Å²) in [5, 5.41) is 10.8. The summed E-state index contributed by atoms with van der Waals surface area (Å²) < 4.78 is 5.23. The monoisotopic (exact) mass is 251 g/mol. The van der Waals surface area contributed by atoms with E-state index in [1.807, 2.05) is 18.2 Å². The van der Waals surface area contributed by atoms with E-state index >= 15 is 0 Å². The first-order valence-electron chi connectivity index (χ1n) is 5.63. The Kier molecular flexibility index (Phi) is 4.71. The maximum Gasteiger partial charge on any atom is 0.394 e. The Morgan fingerprint density at radius 1 is 1.39 bits per heavy atom. The third kappa shape index (κ3) is 3.48. The third-order valence-electron chi connectivity index (χ3n) is 2.61. The van der Waals surface area contributed by atoms with Gasteiger partial charge in [-0.15, -0.1) is 0 Å². The number of carbonyl (C=O) groups is 2. The van der Waals surface area contributed by atoms with Crippen molar-refractivity contribution < 1.29 is 19.4 Å². The van der Waals surface area contributed by atoms with E-state index in [9.17, 15) is 9.59 Å². The first-order valence-corrected chi connectivity index (χ1v) is 5.63. The molecule has 1 amide bonds. The van der Waals surface area contributed by atoms with Gasteiger partial charge in [-0.3, -0.25) is 4.79 Å². The van der Waals surface area contributed by atoms with Crippen LogP contribution in [0.5, 0.6) is 5.75 Å². The molecule has 0 aromatic heterocycles. The standard InChI is InChI=1S/C13H17NO4/c1-8(2)9-4-5-10(11(6-9)18-3)7-14-12(15)13(16)17/h4-6,8H,7H2,1-3H3,(H,14,15)(H,16,17). The van der Waals surface area contributed by atoms with Crippen molar-refractivity contribution >= 4 is 11.9 Å². The highest BCUT2D eigenvalue weighted by Crippen LogP contribution is 2.24. The molecule has 0 aliphatic carbocycles. The van der Waals surface area contributed by atoms with Gasteiger partial charge in [-0.05, 0) is 17.5 Å². The Morgan fingerprint density at radius 2 is 2.06 bits per heavy atom. The van der Waals surface area contributed by atoms with Crippen molar-refractivity contribution in [2.24, 2.45) is 0 Å². The van der Waals surface area contributed by atoms with Crippen molar-refractivity contribution in [1.29, 1.82) is 0 Å². The van der Waals surface area contributed by atoms with Crippen LogP contribution in [0.1, 0.15) is 30.9 Å². The molecular formula is C13H17NO4. The number of carboxylic acids is 1. The smallest absolute Gasteiger partial charge is 0.394 e. The molecule has 0 spiro atoms. The Morgan fingerprint density at radius 3 is 2.56 bits per heavy atom. The number of methoxy groups -OCH3 is 1. The summed E-state index contributed by atoms with van der Waals surface area (Å²) in [7, 11) is 1.54. The molecule has 5 heteroatoms. The van der Waals surface area contributed by atoms with Gasteiger partial charge in [0.25, 0.3) is 0 Å². The largest absolute Gasteiger partial charge is 0.496 e. The molecule has 18 heavy (non-hydrogen) atoms. The van der Waals surface area contributed by atoms with Crippen molar-refractivity contribution in [2.75, 3.05) is 7.11 Å².